The van der Waals surface area contributed by atoms with Crippen molar-refractivity contribution in [3.63, 3.8) is 0 Å². The van der Waals surface area contributed by atoms with E-state index in [1.54, 1.807) is 36.7 Å². The van der Waals surface area contributed by atoms with Crippen LogP contribution in [0.1, 0.15) is 22.8 Å². The summed E-state index contributed by atoms with van der Waals surface area (Å²) < 4.78 is 6.68. The third-order valence-corrected chi connectivity index (χ3v) is 4.86. The van der Waals surface area contributed by atoms with Crippen LogP contribution in [0.25, 0.3) is 10.2 Å². The summed E-state index contributed by atoms with van der Waals surface area (Å²) in [5.74, 6) is 0.248. The molecule has 0 fully saturated rings. The van der Waals surface area contributed by atoms with E-state index in [4.69, 9.17) is 4.74 Å². The van der Waals surface area contributed by atoms with Crippen molar-refractivity contribution in [3.8, 4) is 11.8 Å². The number of carbonyl (C=O) groups is 1. The highest BCUT2D eigenvalue weighted by Gasteiger charge is 2.11. The van der Waals surface area contributed by atoms with Crippen LogP contribution in [0, 0.1) is 0 Å². The minimum absolute atomic E-state index is 0.246. The van der Waals surface area contributed by atoms with Crippen molar-refractivity contribution in [1.29, 1.82) is 0 Å². The fourth-order valence-corrected chi connectivity index (χ4v) is 3.34. The Hall–Kier alpha value is -3.32. The minimum Gasteiger partial charge on any atom is -0.424 e. The lowest BCUT2D eigenvalue weighted by Crippen LogP contribution is -2.11. The Kier molecular flexibility index (Phi) is 4.76. The molecule has 2 aromatic carbocycles. The number of anilines is 1. The number of ether oxygens (including phenoxy) is 1. The molecular weight excluding hydrogens is 360 g/mol. The normalized spacial score (nSPS) is 10.7. The summed E-state index contributed by atoms with van der Waals surface area (Å²) >= 11 is 1.44. The van der Waals surface area contributed by atoms with Gasteiger partial charge >= 0.3 is 6.01 Å². The van der Waals surface area contributed by atoms with Crippen LogP contribution in [-0.4, -0.2) is 20.9 Å². The topological polar surface area (TPSA) is 77.0 Å². The van der Waals surface area contributed by atoms with Crippen LogP contribution in [0.15, 0.2) is 60.9 Å². The minimum atomic E-state index is -0.248. The third-order valence-electron chi connectivity index (χ3n) is 3.91. The standard InChI is InChI=1S/C20H16N4O2S/c1-2-13-11-21-19(22-12-13)26-15-7-5-6-14(10-15)18(25)24-20-23-16-8-3-4-9-17(16)27-20/h3-12H,2H2,1H3,(H,23,24,25). The molecule has 0 spiro atoms. The van der Waals surface area contributed by atoms with Gasteiger partial charge in [0.2, 0.25) is 0 Å². The summed E-state index contributed by atoms with van der Waals surface area (Å²) in [4.78, 5) is 25.3. The molecule has 1 amide bonds. The van der Waals surface area contributed by atoms with E-state index < -0.39 is 0 Å². The van der Waals surface area contributed by atoms with Crippen molar-refractivity contribution in [2.75, 3.05) is 5.32 Å². The summed E-state index contributed by atoms with van der Waals surface area (Å²) in [6.45, 7) is 2.03. The fourth-order valence-electron chi connectivity index (χ4n) is 2.48. The Balaban J connectivity index is 1.49. The number of nitrogens with one attached hydrogen (secondary N) is 1. The summed E-state index contributed by atoms with van der Waals surface area (Å²) in [7, 11) is 0. The number of thiazole rings is 1. The molecule has 2 aromatic heterocycles. The van der Waals surface area contributed by atoms with Gasteiger partial charge < -0.3 is 4.74 Å². The number of rotatable bonds is 5. The smallest absolute Gasteiger partial charge is 0.321 e. The first-order chi connectivity index (χ1) is 13.2. The first-order valence-corrected chi connectivity index (χ1v) is 9.28. The monoisotopic (exact) mass is 376 g/mol. The average molecular weight is 376 g/mol. The Bertz CT molecular complexity index is 1060. The second-order valence-electron chi connectivity index (χ2n) is 5.80. The lowest BCUT2D eigenvalue weighted by atomic mass is 10.2. The number of hydrogen-bond donors (Lipinski definition) is 1. The lowest BCUT2D eigenvalue weighted by Gasteiger charge is -2.06. The molecule has 4 rings (SSSR count). The van der Waals surface area contributed by atoms with Gasteiger partial charge in [-0.25, -0.2) is 15.0 Å². The van der Waals surface area contributed by atoms with E-state index in [9.17, 15) is 4.79 Å². The number of hydrogen-bond acceptors (Lipinski definition) is 6. The van der Waals surface area contributed by atoms with Crippen LogP contribution in [-0.2, 0) is 6.42 Å². The van der Waals surface area contributed by atoms with Crippen molar-refractivity contribution < 1.29 is 9.53 Å². The number of carbonyl (C=O) groups excluding carboxylic acids is 1. The van der Waals surface area contributed by atoms with E-state index in [0.29, 0.717) is 16.4 Å². The first kappa shape index (κ1) is 17.1. The highest BCUT2D eigenvalue weighted by atomic mass is 32.1. The van der Waals surface area contributed by atoms with Gasteiger partial charge in [0.25, 0.3) is 5.91 Å². The molecule has 0 saturated carbocycles. The van der Waals surface area contributed by atoms with Gasteiger partial charge in [-0.15, -0.1) is 0 Å². The van der Waals surface area contributed by atoms with Crippen LogP contribution in [0.2, 0.25) is 0 Å². The van der Waals surface area contributed by atoms with Crippen molar-refractivity contribution in [1.82, 2.24) is 15.0 Å². The van der Waals surface area contributed by atoms with E-state index in [-0.39, 0.29) is 11.9 Å². The van der Waals surface area contributed by atoms with Gasteiger partial charge in [0.05, 0.1) is 10.2 Å². The maximum absolute atomic E-state index is 12.5. The van der Waals surface area contributed by atoms with Crippen LogP contribution in [0.3, 0.4) is 0 Å². The molecule has 0 aliphatic carbocycles. The maximum atomic E-state index is 12.5. The zero-order valence-corrected chi connectivity index (χ0v) is 15.4. The molecule has 0 aliphatic rings. The van der Waals surface area contributed by atoms with Gasteiger partial charge in [0.15, 0.2) is 5.13 Å². The van der Waals surface area contributed by atoms with E-state index in [2.05, 4.69) is 20.3 Å². The highest BCUT2D eigenvalue weighted by Crippen LogP contribution is 2.26. The van der Waals surface area contributed by atoms with Gasteiger partial charge in [-0.05, 0) is 42.3 Å². The van der Waals surface area contributed by atoms with Gasteiger partial charge in [0.1, 0.15) is 5.75 Å². The van der Waals surface area contributed by atoms with Crippen LogP contribution in [0.4, 0.5) is 5.13 Å². The summed E-state index contributed by atoms with van der Waals surface area (Å²) in [5.41, 5.74) is 2.37. The number of amides is 1. The third kappa shape index (κ3) is 3.93. The number of nitrogens with zero attached hydrogens (tertiary/aromatic N) is 3. The average Bonchev–Trinajstić information content (AvgIpc) is 3.11. The molecule has 0 atom stereocenters. The summed E-state index contributed by atoms with van der Waals surface area (Å²) in [6, 6.07) is 14.9. The number of aryl methyl sites for hydroxylation is 1. The molecule has 7 heteroatoms. The van der Waals surface area contributed by atoms with Crippen LogP contribution < -0.4 is 10.1 Å². The number of para-hydroxylation sites is 1. The second-order valence-corrected chi connectivity index (χ2v) is 6.83. The molecule has 134 valence electrons. The molecule has 0 aliphatic heterocycles. The fraction of sp³-hybridized carbons (Fsp3) is 0.100. The second kappa shape index (κ2) is 7.51. The van der Waals surface area contributed by atoms with Crippen molar-refractivity contribution >= 4 is 32.6 Å². The SMILES string of the molecule is CCc1cnc(Oc2cccc(C(=O)Nc3nc4ccccc4s3)c2)nc1. The van der Waals surface area contributed by atoms with E-state index in [1.165, 1.54) is 11.3 Å². The molecule has 2 heterocycles. The largest absolute Gasteiger partial charge is 0.424 e. The molecule has 0 bridgehead atoms. The quantitative estimate of drug-likeness (QED) is 0.547. The van der Waals surface area contributed by atoms with E-state index >= 15 is 0 Å². The molecule has 4 aromatic rings. The molecule has 0 unspecified atom stereocenters. The molecule has 1 N–H and O–H groups in total. The van der Waals surface area contributed by atoms with Crippen molar-refractivity contribution in [2.24, 2.45) is 0 Å². The molecule has 27 heavy (non-hydrogen) atoms. The zero-order chi connectivity index (χ0) is 18.6. The van der Waals surface area contributed by atoms with E-state index in [1.807, 2.05) is 31.2 Å². The summed E-state index contributed by atoms with van der Waals surface area (Å²) in [5, 5.41) is 3.40. The molecule has 0 saturated heterocycles. The van der Waals surface area contributed by atoms with Gasteiger partial charge in [-0.1, -0.05) is 36.5 Å². The lowest BCUT2D eigenvalue weighted by molar-refractivity contribution is 0.102. The van der Waals surface area contributed by atoms with Crippen LogP contribution in [0.5, 0.6) is 11.8 Å². The molecule has 0 radical (unpaired) electrons. The van der Waals surface area contributed by atoms with Crippen molar-refractivity contribution in [3.05, 3.63) is 72.1 Å². The van der Waals surface area contributed by atoms with Gasteiger partial charge in [-0.2, -0.15) is 0 Å². The Labute approximate surface area is 159 Å². The number of benzene rings is 2. The van der Waals surface area contributed by atoms with Crippen molar-refractivity contribution in [2.45, 2.75) is 13.3 Å². The predicted octanol–water partition coefficient (Wildman–Crippen LogP) is 4.69. The Morgan fingerprint density at radius 1 is 1.11 bits per heavy atom. The molecular formula is C20H16N4O2S. The van der Waals surface area contributed by atoms with Gasteiger partial charge in [0, 0.05) is 18.0 Å². The predicted molar refractivity (Wildman–Crippen MR) is 105 cm³/mol. The number of aromatic nitrogens is 3. The molecule has 6 nitrogen and oxygen atoms in total. The zero-order valence-electron chi connectivity index (χ0n) is 14.5. The number of fused-ring (bicyclic) bond motifs is 1. The first-order valence-electron chi connectivity index (χ1n) is 8.47. The van der Waals surface area contributed by atoms with Crippen LogP contribution >= 0.6 is 11.3 Å². The van der Waals surface area contributed by atoms with Gasteiger partial charge in [-0.3, -0.25) is 10.1 Å². The summed E-state index contributed by atoms with van der Waals surface area (Å²) in [6.07, 6.45) is 4.32. The Morgan fingerprint density at radius 2 is 1.93 bits per heavy atom. The maximum Gasteiger partial charge on any atom is 0.321 e. The van der Waals surface area contributed by atoms with E-state index in [0.717, 1.165) is 22.2 Å². The Morgan fingerprint density at radius 3 is 2.70 bits per heavy atom. The highest BCUT2D eigenvalue weighted by molar-refractivity contribution is 7.22.